The summed E-state index contributed by atoms with van der Waals surface area (Å²) in [6, 6.07) is 6.48. The summed E-state index contributed by atoms with van der Waals surface area (Å²) in [5.41, 5.74) is 2.07. The van der Waals surface area contributed by atoms with Crippen molar-refractivity contribution in [2.24, 2.45) is 0 Å². The van der Waals surface area contributed by atoms with Crippen molar-refractivity contribution in [2.75, 3.05) is 5.32 Å². The molecule has 3 rings (SSSR count). The molecule has 0 aliphatic heterocycles. The van der Waals surface area contributed by atoms with Gasteiger partial charge in [0.25, 0.3) is 0 Å². The van der Waals surface area contributed by atoms with E-state index in [9.17, 15) is 0 Å². The molecular weight excluding hydrogens is 350 g/mol. The van der Waals surface area contributed by atoms with Gasteiger partial charge < -0.3 is 5.32 Å². The van der Waals surface area contributed by atoms with Crippen molar-refractivity contribution in [3.63, 3.8) is 0 Å². The summed E-state index contributed by atoms with van der Waals surface area (Å²) in [5, 5.41) is 4.33. The zero-order valence-electron chi connectivity index (χ0n) is 12.1. The number of imidazole rings is 1. The highest BCUT2D eigenvalue weighted by Gasteiger charge is 2.16. The summed E-state index contributed by atoms with van der Waals surface area (Å²) in [5.74, 6) is 0.925. The fourth-order valence-electron chi connectivity index (χ4n) is 2.86. The van der Waals surface area contributed by atoms with E-state index < -0.39 is 0 Å². The van der Waals surface area contributed by atoms with Crippen molar-refractivity contribution in [1.82, 2.24) is 9.55 Å². The molecule has 3 nitrogen and oxygen atoms in total. The molecule has 0 atom stereocenters. The van der Waals surface area contributed by atoms with E-state index in [0.717, 1.165) is 26.8 Å². The van der Waals surface area contributed by atoms with Gasteiger partial charge in [-0.05, 0) is 53.9 Å². The number of nitrogens with zero attached hydrogens (tertiary/aromatic N) is 2. The molecule has 1 heterocycles. The maximum Gasteiger partial charge on any atom is 0.207 e. The molecular formula is C16H19BrClN3. The van der Waals surface area contributed by atoms with E-state index >= 15 is 0 Å². The molecule has 0 unspecified atom stereocenters. The van der Waals surface area contributed by atoms with Crippen molar-refractivity contribution in [2.45, 2.75) is 45.1 Å². The average molecular weight is 369 g/mol. The summed E-state index contributed by atoms with van der Waals surface area (Å²) in [6.45, 7) is 2.02. The first-order valence-corrected chi connectivity index (χ1v) is 8.58. The molecule has 0 amide bonds. The monoisotopic (exact) mass is 367 g/mol. The molecule has 5 heteroatoms. The van der Waals surface area contributed by atoms with E-state index in [-0.39, 0.29) is 0 Å². The van der Waals surface area contributed by atoms with Crippen molar-refractivity contribution in [3.8, 4) is 5.69 Å². The molecule has 0 radical (unpaired) electrons. The first-order valence-electron chi connectivity index (χ1n) is 7.41. The molecule has 0 saturated heterocycles. The van der Waals surface area contributed by atoms with Crippen molar-refractivity contribution >= 4 is 33.5 Å². The lowest BCUT2D eigenvalue weighted by atomic mass is 9.96. The summed E-state index contributed by atoms with van der Waals surface area (Å²) in [4.78, 5) is 4.64. The van der Waals surface area contributed by atoms with E-state index in [0.29, 0.717) is 6.04 Å². The second-order valence-corrected chi connectivity index (χ2v) is 6.92. The molecule has 1 fully saturated rings. The number of anilines is 1. The van der Waals surface area contributed by atoms with Crippen molar-refractivity contribution < 1.29 is 0 Å². The molecule has 2 aromatic rings. The Hall–Kier alpha value is -1.00. The first-order chi connectivity index (χ1) is 10.1. The Bertz CT molecular complexity index is 632. The largest absolute Gasteiger partial charge is 0.353 e. The third-order valence-electron chi connectivity index (χ3n) is 3.95. The SMILES string of the molecule is Cc1cn(-c2ccc(Cl)c(Br)c2)c(NC2CCCCC2)n1. The van der Waals surface area contributed by atoms with Crippen LogP contribution in [-0.2, 0) is 0 Å². The fraction of sp³-hybridized carbons (Fsp3) is 0.438. The standard InChI is InChI=1S/C16H19BrClN3/c1-11-10-21(13-7-8-15(18)14(17)9-13)16(19-11)20-12-5-3-2-4-6-12/h7-10,12H,2-6H2,1H3,(H,19,20). The fourth-order valence-corrected chi connectivity index (χ4v) is 3.35. The van der Waals surface area contributed by atoms with Crippen LogP contribution in [0.25, 0.3) is 5.69 Å². The summed E-state index contributed by atoms with van der Waals surface area (Å²) in [7, 11) is 0. The van der Waals surface area contributed by atoms with E-state index in [2.05, 4.69) is 37.0 Å². The molecule has 1 aliphatic rings. The minimum absolute atomic E-state index is 0.537. The molecule has 1 aromatic carbocycles. The normalized spacial score (nSPS) is 16.1. The molecule has 0 bridgehead atoms. The molecule has 1 aliphatic carbocycles. The van der Waals surface area contributed by atoms with Crippen molar-refractivity contribution in [3.05, 3.63) is 39.6 Å². The van der Waals surface area contributed by atoms with Crippen LogP contribution in [0.4, 0.5) is 5.95 Å². The van der Waals surface area contributed by atoms with Gasteiger partial charge in [-0.25, -0.2) is 4.98 Å². The quantitative estimate of drug-likeness (QED) is 0.792. The maximum absolute atomic E-state index is 6.08. The Morgan fingerprint density at radius 2 is 2.05 bits per heavy atom. The number of hydrogen-bond acceptors (Lipinski definition) is 2. The molecule has 1 saturated carbocycles. The van der Waals surface area contributed by atoms with Crippen LogP contribution in [0, 0.1) is 6.92 Å². The van der Waals surface area contributed by atoms with Crippen molar-refractivity contribution in [1.29, 1.82) is 0 Å². The van der Waals surface area contributed by atoms with Gasteiger partial charge >= 0.3 is 0 Å². The van der Waals surface area contributed by atoms with Gasteiger partial charge in [0.15, 0.2) is 0 Å². The highest BCUT2D eigenvalue weighted by molar-refractivity contribution is 9.10. The van der Waals surface area contributed by atoms with Crippen LogP contribution in [0.15, 0.2) is 28.9 Å². The van der Waals surface area contributed by atoms with Gasteiger partial charge in [-0.2, -0.15) is 0 Å². The maximum atomic E-state index is 6.08. The Morgan fingerprint density at radius 3 is 2.76 bits per heavy atom. The highest BCUT2D eigenvalue weighted by Crippen LogP contribution is 2.28. The van der Waals surface area contributed by atoms with Gasteiger partial charge in [-0.15, -0.1) is 0 Å². The van der Waals surface area contributed by atoms with Gasteiger partial charge in [0.1, 0.15) is 0 Å². The topological polar surface area (TPSA) is 29.9 Å². The van der Waals surface area contributed by atoms with E-state index in [4.69, 9.17) is 11.6 Å². The number of aromatic nitrogens is 2. The number of aryl methyl sites for hydroxylation is 1. The predicted molar refractivity (Wildman–Crippen MR) is 91.5 cm³/mol. The molecule has 112 valence electrons. The van der Waals surface area contributed by atoms with Crippen LogP contribution in [0.2, 0.25) is 5.02 Å². The smallest absolute Gasteiger partial charge is 0.207 e. The van der Waals surface area contributed by atoms with E-state index in [1.54, 1.807) is 0 Å². The van der Waals surface area contributed by atoms with Crippen LogP contribution in [0.3, 0.4) is 0 Å². The van der Waals surface area contributed by atoms with Crippen LogP contribution in [0.5, 0.6) is 0 Å². The van der Waals surface area contributed by atoms with E-state index in [1.165, 1.54) is 32.1 Å². The van der Waals surface area contributed by atoms with Gasteiger partial charge in [-0.1, -0.05) is 30.9 Å². The Morgan fingerprint density at radius 1 is 1.29 bits per heavy atom. The van der Waals surface area contributed by atoms with Crippen LogP contribution in [-0.4, -0.2) is 15.6 Å². The van der Waals surface area contributed by atoms with Gasteiger partial charge in [0.05, 0.1) is 10.7 Å². The zero-order valence-corrected chi connectivity index (χ0v) is 14.4. The van der Waals surface area contributed by atoms with Crippen LogP contribution in [0.1, 0.15) is 37.8 Å². The second-order valence-electron chi connectivity index (χ2n) is 5.65. The lowest BCUT2D eigenvalue weighted by Gasteiger charge is -2.23. The Balaban J connectivity index is 1.89. The van der Waals surface area contributed by atoms with E-state index in [1.807, 2.05) is 25.1 Å². The number of benzene rings is 1. The minimum atomic E-state index is 0.537. The third-order valence-corrected chi connectivity index (χ3v) is 5.16. The molecule has 1 aromatic heterocycles. The summed E-state index contributed by atoms with van der Waals surface area (Å²) < 4.78 is 3.00. The van der Waals surface area contributed by atoms with Gasteiger partial charge in [-0.3, -0.25) is 4.57 Å². The Kier molecular flexibility index (Phi) is 4.55. The summed E-state index contributed by atoms with van der Waals surface area (Å²) in [6.07, 6.45) is 8.50. The van der Waals surface area contributed by atoms with Crippen LogP contribution < -0.4 is 5.32 Å². The molecule has 0 spiro atoms. The zero-order chi connectivity index (χ0) is 14.8. The number of nitrogens with one attached hydrogen (secondary N) is 1. The number of rotatable bonds is 3. The minimum Gasteiger partial charge on any atom is -0.353 e. The molecule has 21 heavy (non-hydrogen) atoms. The predicted octanol–water partition coefficient (Wildman–Crippen LogP) is 5.34. The summed E-state index contributed by atoms with van der Waals surface area (Å²) >= 11 is 9.57. The Labute approximate surface area is 138 Å². The number of halogens is 2. The first kappa shape index (κ1) is 14.9. The third kappa shape index (κ3) is 3.43. The number of hydrogen-bond donors (Lipinski definition) is 1. The average Bonchev–Trinajstić information content (AvgIpc) is 2.84. The molecule has 1 N–H and O–H groups in total. The van der Waals surface area contributed by atoms with Gasteiger partial charge in [0.2, 0.25) is 5.95 Å². The van der Waals surface area contributed by atoms with Crippen LogP contribution >= 0.6 is 27.5 Å². The lowest BCUT2D eigenvalue weighted by molar-refractivity contribution is 0.460. The highest BCUT2D eigenvalue weighted by atomic mass is 79.9. The van der Waals surface area contributed by atoms with Gasteiger partial charge in [0, 0.05) is 22.4 Å². The second kappa shape index (κ2) is 6.41. The lowest BCUT2D eigenvalue weighted by Crippen LogP contribution is -2.24.